The van der Waals surface area contributed by atoms with Gasteiger partial charge in [0.1, 0.15) is 0 Å². The zero-order valence-electron chi connectivity index (χ0n) is 17.7. The van der Waals surface area contributed by atoms with E-state index in [0.29, 0.717) is 12.0 Å². The van der Waals surface area contributed by atoms with Crippen molar-refractivity contribution in [2.75, 3.05) is 11.9 Å². The van der Waals surface area contributed by atoms with Gasteiger partial charge in [0.25, 0.3) is 0 Å². The molecule has 1 atom stereocenters. The molecule has 152 valence electrons. The Hall–Kier alpha value is -2.62. The molecule has 0 amide bonds. The molecule has 0 spiro atoms. The average molecular weight is 389 g/mol. The number of nitrogens with zero attached hydrogens (tertiary/aromatic N) is 2. The summed E-state index contributed by atoms with van der Waals surface area (Å²) in [6.07, 6.45) is 9.39. The number of anilines is 1. The third-order valence-corrected chi connectivity index (χ3v) is 6.41. The molecule has 0 radical (unpaired) electrons. The van der Waals surface area contributed by atoms with Crippen LogP contribution in [0.2, 0.25) is 0 Å². The van der Waals surface area contributed by atoms with Crippen molar-refractivity contribution in [3.63, 3.8) is 0 Å². The number of hydrogen-bond acceptors (Lipinski definition) is 4. The van der Waals surface area contributed by atoms with Crippen molar-refractivity contribution in [3.05, 3.63) is 65.5 Å². The van der Waals surface area contributed by atoms with Crippen LogP contribution in [-0.4, -0.2) is 22.6 Å². The molecule has 2 N–H and O–H groups in total. The summed E-state index contributed by atoms with van der Waals surface area (Å²) in [5.74, 6) is 1.23. The van der Waals surface area contributed by atoms with Gasteiger partial charge in [0, 0.05) is 35.6 Å². The van der Waals surface area contributed by atoms with E-state index < -0.39 is 0 Å². The second-order valence-electron chi connectivity index (χ2n) is 8.55. The van der Waals surface area contributed by atoms with Crippen LogP contribution in [0.15, 0.2) is 37.6 Å². The Morgan fingerprint density at radius 3 is 2.72 bits per heavy atom. The molecule has 4 heteroatoms. The average Bonchev–Trinajstić information content (AvgIpc) is 2.87. The van der Waals surface area contributed by atoms with Gasteiger partial charge in [0.15, 0.2) is 0 Å². The van der Waals surface area contributed by atoms with Crippen LogP contribution in [0.25, 0.3) is 11.3 Å². The molecule has 2 aliphatic rings. The van der Waals surface area contributed by atoms with Crippen LogP contribution >= 0.6 is 0 Å². The first-order valence-electron chi connectivity index (χ1n) is 10.9. The number of fused-ring (bicyclic) bond motifs is 1. The molecule has 2 aromatic rings. The first kappa shape index (κ1) is 19.7. The van der Waals surface area contributed by atoms with Gasteiger partial charge in [-0.1, -0.05) is 57.5 Å². The summed E-state index contributed by atoms with van der Waals surface area (Å²) >= 11 is 0. The summed E-state index contributed by atoms with van der Waals surface area (Å²) in [7, 11) is 0. The van der Waals surface area contributed by atoms with E-state index in [1.54, 1.807) is 0 Å². The molecule has 29 heavy (non-hydrogen) atoms. The molecule has 1 fully saturated rings. The summed E-state index contributed by atoms with van der Waals surface area (Å²) in [4.78, 5) is 9.34. The van der Waals surface area contributed by atoms with Crippen LogP contribution in [0.4, 0.5) is 5.95 Å². The lowest BCUT2D eigenvalue weighted by molar-refractivity contribution is 0.460. The van der Waals surface area contributed by atoms with E-state index in [-0.39, 0.29) is 0 Å². The topological polar surface area (TPSA) is 49.8 Å². The molecule has 2 heterocycles. The number of nitrogens with one attached hydrogen (secondary N) is 2. The fourth-order valence-corrected chi connectivity index (χ4v) is 4.54. The highest BCUT2D eigenvalue weighted by Gasteiger charge is 2.19. The Morgan fingerprint density at radius 2 is 1.97 bits per heavy atom. The quantitative estimate of drug-likeness (QED) is 0.710. The number of rotatable bonds is 4. The Labute approximate surface area is 174 Å². The van der Waals surface area contributed by atoms with Crippen molar-refractivity contribution >= 4 is 17.2 Å². The minimum atomic E-state index is 0.490. The van der Waals surface area contributed by atoms with Gasteiger partial charge >= 0.3 is 0 Å². The lowest BCUT2D eigenvalue weighted by Crippen LogP contribution is -2.23. The molecular formula is C25H32N4. The highest BCUT2D eigenvalue weighted by molar-refractivity contribution is 5.81. The summed E-state index contributed by atoms with van der Waals surface area (Å²) in [5, 5.41) is 6.93. The minimum Gasteiger partial charge on any atom is -0.385 e. The molecule has 1 aromatic carbocycles. The molecular weight excluding hydrogens is 356 g/mol. The van der Waals surface area contributed by atoms with E-state index in [2.05, 4.69) is 53.9 Å². The van der Waals surface area contributed by atoms with Crippen molar-refractivity contribution in [2.45, 2.75) is 64.3 Å². The van der Waals surface area contributed by atoms with E-state index >= 15 is 0 Å². The van der Waals surface area contributed by atoms with Crippen LogP contribution in [0.5, 0.6) is 0 Å². The van der Waals surface area contributed by atoms with E-state index in [1.165, 1.54) is 43.2 Å². The third kappa shape index (κ3) is 4.21. The lowest BCUT2D eigenvalue weighted by atomic mass is 9.89. The van der Waals surface area contributed by atoms with Gasteiger partial charge in [0.2, 0.25) is 5.95 Å². The standard InChI is InChI=1S/C25H32N4/c1-16-12-13-26-18(3)22-11-10-20(14-23(16)22)17(2)24-15-27-25(28-19(24)4)29-21-8-6-5-7-9-21/h10-11,14-16,21,26H,2-3,5-9,12-13H2,1,4H3,(H,27,28,29). The van der Waals surface area contributed by atoms with Crippen LogP contribution in [0.3, 0.4) is 0 Å². The summed E-state index contributed by atoms with van der Waals surface area (Å²) in [5.41, 5.74) is 7.66. The first-order chi connectivity index (χ1) is 14.0. The molecule has 0 bridgehead atoms. The third-order valence-electron chi connectivity index (χ3n) is 6.41. The number of benzene rings is 1. The maximum Gasteiger partial charge on any atom is 0.223 e. The number of hydrogen-bond donors (Lipinski definition) is 2. The smallest absolute Gasteiger partial charge is 0.223 e. The number of aryl methyl sites for hydroxylation is 1. The van der Waals surface area contributed by atoms with Crippen molar-refractivity contribution in [1.29, 1.82) is 0 Å². The molecule has 1 aromatic heterocycles. The highest BCUT2D eigenvalue weighted by Crippen LogP contribution is 2.33. The van der Waals surface area contributed by atoms with Crippen molar-refractivity contribution < 1.29 is 0 Å². The van der Waals surface area contributed by atoms with Crippen LogP contribution in [0, 0.1) is 6.92 Å². The normalized spacial score (nSPS) is 19.8. The van der Waals surface area contributed by atoms with Crippen molar-refractivity contribution in [3.8, 4) is 0 Å². The van der Waals surface area contributed by atoms with Gasteiger partial charge in [-0.2, -0.15) is 0 Å². The first-order valence-corrected chi connectivity index (χ1v) is 10.9. The Morgan fingerprint density at radius 1 is 1.17 bits per heavy atom. The fourth-order valence-electron chi connectivity index (χ4n) is 4.54. The van der Waals surface area contributed by atoms with Crippen molar-refractivity contribution in [1.82, 2.24) is 15.3 Å². The monoisotopic (exact) mass is 388 g/mol. The van der Waals surface area contributed by atoms with Crippen LogP contribution < -0.4 is 10.6 Å². The molecule has 1 aliphatic carbocycles. The van der Waals surface area contributed by atoms with Gasteiger partial charge in [-0.05, 0) is 48.8 Å². The van der Waals surface area contributed by atoms with Gasteiger partial charge in [0.05, 0.1) is 5.69 Å². The molecule has 1 aliphatic heterocycles. The summed E-state index contributed by atoms with van der Waals surface area (Å²) in [6.45, 7) is 13.9. The SMILES string of the molecule is C=C1NCCC(C)c2cc(C(=C)c3cnc(NC4CCCCC4)nc3C)ccc21. The van der Waals surface area contributed by atoms with E-state index in [4.69, 9.17) is 4.98 Å². The second-order valence-corrected chi connectivity index (χ2v) is 8.55. The Bertz CT molecular complexity index is 924. The second kappa shape index (κ2) is 8.40. The molecule has 0 saturated heterocycles. The predicted octanol–water partition coefficient (Wildman–Crippen LogP) is 5.66. The lowest BCUT2D eigenvalue weighted by Gasteiger charge is -2.23. The minimum absolute atomic E-state index is 0.490. The molecule has 1 saturated carbocycles. The zero-order chi connectivity index (χ0) is 20.4. The fraction of sp³-hybridized carbons (Fsp3) is 0.440. The van der Waals surface area contributed by atoms with Gasteiger partial charge in [-0.25, -0.2) is 9.97 Å². The van der Waals surface area contributed by atoms with E-state index in [0.717, 1.165) is 47.0 Å². The van der Waals surface area contributed by atoms with Gasteiger partial charge in [-0.15, -0.1) is 0 Å². The summed E-state index contributed by atoms with van der Waals surface area (Å²) < 4.78 is 0. The maximum absolute atomic E-state index is 4.74. The maximum atomic E-state index is 4.74. The summed E-state index contributed by atoms with van der Waals surface area (Å²) in [6, 6.07) is 7.08. The van der Waals surface area contributed by atoms with Crippen LogP contribution in [0.1, 0.15) is 79.3 Å². The molecule has 1 unspecified atom stereocenters. The Kier molecular flexibility index (Phi) is 5.70. The van der Waals surface area contributed by atoms with E-state index in [1.807, 2.05) is 13.1 Å². The van der Waals surface area contributed by atoms with Crippen molar-refractivity contribution in [2.24, 2.45) is 0 Å². The molecule has 4 nitrogen and oxygen atoms in total. The highest BCUT2D eigenvalue weighted by atomic mass is 15.1. The van der Waals surface area contributed by atoms with Crippen LogP contribution in [-0.2, 0) is 0 Å². The molecule has 4 rings (SSSR count). The van der Waals surface area contributed by atoms with Gasteiger partial charge < -0.3 is 10.6 Å². The largest absolute Gasteiger partial charge is 0.385 e. The van der Waals surface area contributed by atoms with E-state index in [9.17, 15) is 0 Å². The van der Waals surface area contributed by atoms with Gasteiger partial charge in [-0.3, -0.25) is 0 Å². The Balaban J connectivity index is 1.57. The number of aromatic nitrogens is 2. The predicted molar refractivity (Wildman–Crippen MR) is 122 cm³/mol. The zero-order valence-corrected chi connectivity index (χ0v) is 17.7.